The van der Waals surface area contributed by atoms with Crippen LogP contribution >= 0.6 is 27.3 Å². The monoisotopic (exact) mass is 404 g/mol. The number of phenolic OH excluding ortho intramolecular Hbond substituents is 1. The van der Waals surface area contributed by atoms with Crippen molar-refractivity contribution in [2.75, 3.05) is 0 Å². The van der Waals surface area contributed by atoms with Gasteiger partial charge in [0.25, 0.3) is 0 Å². The van der Waals surface area contributed by atoms with Gasteiger partial charge in [-0.25, -0.2) is 0 Å². The standard InChI is InChI=1S/C22H13BrOS/c23-19-10-16-9-13(5-6-14(16)11-20(19)24)15-7-8-18-17-3-1-2-4-21(17)25-22(18)12-15/h1-12,24H. The number of fused-ring (bicyclic) bond motifs is 4. The van der Waals surface area contributed by atoms with Crippen LogP contribution in [0, 0.1) is 0 Å². The molecule has 4 aromatic carbocycles. The van der Waals surface area contributed by atoms with Crippen molar-refractivity contribution in [2.45, 2.75) is 0 Å². The third-order valence-electron chi connectivity index (χ3n) is 4.62. The summed E-state index contributed by atoms with van der Waals surface area (Å²) in [5.74, 6) is 0.270. The summed E-state index contributed by atoms with van der Waals surface area (Å²) in [6, 6.07) is 25.4. The first kappa shape index (κ1) is 14.9. The van der Waals surface area contributed by atoms with Crippen molar-refractivity contribution in [3.8, 4) is 16.9 Å². The molecule has 0 aliphatic heterocycles. The maximum Gasteiger partial charge on any atom is 0.130 e. The summed E-state index contributed by atoms with van der Waals surface area (Å²) in [7, 11) is 0. The van der Waals surface area contributed by atoms with E-state index in [9.17, 15) is 5.11 Å². The van der Waals surface area contributed by atoms with Gasteiger partial charge in [0.05, 0.1) is 4.47 Å². The highest BCUT2D eigenvalue weighted by atomic mass is 79.9. The van der Waals surface area contributed by atoms with Crippen LogP contribution in [0.1, 0.15) is 0 Å². The molecule has 0 spiro atoms. The van der Waals surface area contributed by atoms with Crippen LogP contribution in [0.15, 0.2) is 77.3 Å². The van der Waals surface area contributed by atoms with Gasteiger partial charge < -0.3 is 5.11 Å². The van der Waals surface area contributed by atoms with Crippen LogP contribution in [0.2, 0.25) is 0 Å². The molecule has 0 aliphatic carbocycles. The molecule has 25 heavy (non-hydrogen) atoms. The minimum atomic E-state index is 0.270. The first-order chi connectivity index (χ1) is 12.2. The second kappa shape index (κ2) is 5.58. The highest BCUT2D eigenvalue weighted by molar-refractivity contribution is 9.10. The van der Waals surface area contributed by atoms with Gasteiger partial charge in [-0.3, -0.25) is 0 Å². The molecule has 0 amide bonds. The number of benzene rings is 4. The first-order valence-electron chi connectivity index (χ1n) is 8.03. The van der Waals surface area contributed by atoms with Gasteiger partial charge in [0.2, 0.25) is 0 Å². The Morgan fingerprint density at radius 3 is 2.36 bits per heavy atom. The van der Waals surface area contributed by atoms with Crippen molar-refractivity contribution in [2.24, 2.45) is 0 Å². The Labute approximate surface area is 157 Å². The van der Waals surface area contributed by atoms with Crippen LogP contribution in [-0.2, 0) is 0 Å². The summed E-state index contributed by atoms with van der Waals surface area (Å²) in [6.07, 6.45) is 0. The van der Waals surface area contributed by atoms with Crippen molar-refractivity contribution in [3.05, 3.63) is 77.3 Å². The summed E-state index contributed by atoms with van der Waals surface area (Å²) in [5, 5.41) is 14.6. The lowest BCUT2D eigenvalue weighted by Gasteiger charge is -2.06. The summed E-state index contributed by atoms with van der Waals surface area (Å²) >= 11 is 5.24. The van der Waals surface area contributed by atoms with E-state index >= 15 is 0 Å². The molecule has 1 N–H and O–H groups in total. The van der Waals surface area contributed by atoms with Gasteiger partial charge >= 0.3 is 0 Å². The number of aromatic hydroxyl groups is 1. The fraction of sp³-hybridized carbons (Fsp3) is 0. The fourth-order valence-corrected chi connectivity index (χ4v) is 4.85. The topological polar surface area (TPSA) is 20.2 Å². The molecule has 0 fully saturated rings. The average molecular weight is 405 g/mol. The molecule has 120 valence electrons. The first-order valence-corrected chi connectivity index (χ1v) is 9.64. The molecule has 0 atom stereocenters. The predicted molar refractivity (Wildman–Crippen MR) is 112 cm³/mol. The van der Waals surface area contributed by atoms with Gasteiger partial charge in [0.15, 0.2) is 0 Å². The number of phenols is 1. The fourth-order valence-electron chi connectivity index (χ4n) is 3.34. The van der Waals surface area contributed by atoms with E-state index in [2.05, 4.69) is 76.6 Å². The van der Waals surface area contributed by atoms with Crippen LogP contribution in [0.4, 0.5) is 0 Å². The highest BCUT2D eigenvalue weighted by Crippen LogP contribution is 2.37. The SMILES string of the molecule is Oc1cc2ccc(-c3ccc4c(c3)sc3ccccc34)cc2cc1Br. The molecule has 0 radical (unpaired) electrons. The van der Waals surface area contributed by atoms with Gasteiger partial charge in [0.1, 0.15) is 5.75 Å². The number of hydrogen-bond donors (Lipinski definition) is 1. The quantitative estimate of drug-likeness (QED) is 0.309. The van der Waals surface area contributed by atoms with Crippen molar-refractivity contribution in [3.63, 3.8) is 0 Å². The van der Waals surface area contributed by atoms with E-state index in [0.29, 0.717) is 0 Å². The van der Waals surface area contributed by atoms with Gasteiger partial charge in [-0.2, -0.15) is 0 Å². The Morgan fingerprint density at radius 2 is 1.44 bits per heavy atom. The van der Waals surface area contributed by atoms with Crippen LogP contribution < -0.4 is 0 Å². The van der Waals surface area contributed by atoms with Crippen molar-refractivity contribution < 1.29 is 5.11 Å². The number of thiophene rings is 1. The Balaban J connectivity index is 1.70. The zero-order chi connectivity index (χ0) is 17.0. The zero-order valence-corrected chi connectivity index (χ0v) is 15.6. The summed E-state index contributed by atoms with van der Waals surface area (Å²) in [4.78, 5) is 0. The average Bonchev–Trinajstić information content (AvgIpc) is 3.00. The third-order valence-corrected chi connectivity index (χ3v) is 6.39. The molecule has 5 aromatic rings. The zero-order valence-electron chi connectivity index (χ0n) is 13.2. The normalized spacial score (nSPS) is 11.6. The molecule has 1 heterocycles. The summed E-state index contributed by atoms with van der Waals surface area (Å²) in [5.41, 5.74) is 2.40. The van der Waals surface area contributed by atoms with E-state index in [1.54, 1.807) is 6.07 Å². The molecule has 0 aliphatic rings. The maximum atomic E-state index is 9.85. The van der Waals surface area contributed by atoms with E-state index in [4.69, 9.17) is 0 Å². The van der Waals surface area contributed by atoms with E-state index in [-0.39, 0.29) is 5.75 Å². The molecule has 3 heteroatoms. The van der Waals surface area contributed by atoms with Gasteiger partial charge in [-0.05, 0) is 68.2 Å². The molecule has 0 saturated carbocycles. The number of halogens is 1. The molecule has 0 saturated heterocycles. The Kier molecular flexibility index (Phi) is 3.34. The molecule has 1 nitrogen and oxygen atoms in total. The van der Waals surface area contributed by atoms with Gasteiger partial charge in [-0.1, -0.05) is 42.5 Å². The van der Waals surface area contributed by atoms with Gasteiger partial charge in [-0.15, -0.1) is 11.3 Å². The second-order valence-corrected chi connectivity index (χ2v) is 8.11. The third kappa shape index (κ3) is 2.43. The Morgan fingerprint density at radius 1 is 0.680 bits per heavy atom. The summed E-state index contributed by atoms with van der Waals surface area (Å²) < 4.78 is 3.36. The van der Waals surface area contributed by atoms with E-state index in [1.807, 2.05) is 17.4 Å². The lowest BCUT2D eigenvalue weighted by Crippen LogP contribution is -1.80. The lowest BCUT2D eigenvalue weighted by atomic mass is 10.00. The van der Waals surface area contributed by atoms with Crippen LogP contribution in [0.5, 0.6) is 5.75 Å². The van der Waals surface area contributed by atoms with E-state index in [0.717, 1.165) is 15.2 Å². The second-order valence-electron chi connectivity index (χ2n) is 6.17. The number of hydrogen-bond acceptors (Lipinski definition) is 2. The minimum absolute atomic E-state index is 0.270. The molecule has 0 unspecified atom stereocenters. The molecular formula is C22H13BrOS. The van der Waals surface area contributed by atoms with Crippen molar-refractivity contribution in [1.82, 2.24) is 0 Å². The predicted octanol–water partition coefficient (Wildman–Crippen LogP) is 7.34. The van der Waals surface area contributed by atoms with Crippen LogP contribution in [-0.4, -0.2) is 5.11 Å². The molecule has 0 bridgehead atoms. The van der Waals surface area contributed by atoms with Crippen molar-refractivity contribution >= 4 is 58.2 Å². The lowest BCUT2D eigenvalue weighted by molar-refractivity contribution is 0.473. The summed E-state index contributed by atoms with van der Waals surface area (Å²) in [6.45, 7) is 0. The smallest absolute Gasteiger partial charge is 0.130 e. The van der Waals surface area contributed by atoms with Crippen LogP contribution in [0.3, 0.4) is 0 Å². The maximum absolute atomic E-state index is 9.85. The number of rotatable bonds is 1. The molecular weight excluding hydrogens is 392 g/mol. The van der Waals surface area contributed by atoms with E-state index < -0.39 is 0 Å². The largest absolute Gasteiger partial charge is 0.507 e. The van der Waals surface area contributed by atoms with E-state index in [1.165, 1.54) is 31.3 Å². The Hall–Kier alpha value is -2.36. The van der Waals surface area contributed by atoms with Gasteiger partial charge in [0, 0.05) is 20.2 Å². The minimum Gasteiger partial charge on any atom is -0.507 e. The molecule has 1 aromatic heterocycles. The molecule has 5 rings (SSSR count). The van der Waals surface area contributed by atoms with Crippen molar-refractivity contribution in [1.29, 1.82) is 0 Å². The van der Waals surface area contributed by atoms with Crippen LogP contribution in [0.25, 0.3) is 42.1 Å². The Bertz CT molecular complexity index is 1270. The highest BCUT2D eigenvalue weighted by Gasteiger charge is 2.08.